The monoisotopic (exact) mass is 329 g/mol. The number of carbonyl (C=O) groups is 1. The molecule has 0 saturated heterocycles. The molecule has 0 aliphatic heterocycles. The van der Waals surface area contributed by atoms with Gasteiger partial charge in [0, 0.05) is 17.9 Å². The highest BCUT2D eigenvalue weighted by molar-refractivity contribution is 6.30. The van der Waals surface area contributed by atoms with Crippen LogP contribution in [0.1, 0.15) is 11.1 Å². The van der Waals surface area contributed by atoms with Gasteiger partial charge in [0.15, 0.2) is 12.2 Å². The number of oxazole rings is 1. The van der Waals surface area contributed by atoms with Crippen molar-refractivity contribution in [1.82, 2.24) is 4.98 Å². The third-order valence-electron chi connectivity index (χ3n) is 3.45. The summed E-state index contributed by atoms with van der Waals surface area (Å²) in [6.45, 7) is 0. The Kier molecular flexibility index (Phi) is 4.53. The first-order valence-electron chi connectivity index (χ1n) is 7.05. The van der Waals surface area contributed by atoms with Gasteiger partial charge in [-0.25, -0.2) is 9.37 Å². The second-order valence-corrected chi connectivity index (χ2v) is 5.64. The number of ketones is 1. The van der Waals surface area contributed by atoms with Gasteiger partial charge in [-0.1, -0.05) is 29.8 Å². The Bertz CT molecular complexity index is 814. The van der Waals surface area contributed by atoms with E-state index in [2.05, 4.69) is 4.98 Å². The van der Waals surface area contributed by atoms with Crippen LogP contribution in [0.5, 0.6) is 0 Å². The lowest BCUT2D eigenvalue weighted by Gasteiger charge is -2.05. The minimum atomic E-state index is -0.432. The van der Waals surface area contributed by atoms with Crippen molar-refractivity contribution < 1.29 is 13.6 Å². The summed E-state index contributed by atoms with van der Waals surface area (Å²) in [5, 5.41) is 0.631. The van der Waals surface area contributed by atoms with Crippen LogP contribution in [-0.2, 0) is 17.6 Å². The van der Waals surface area contributed by atoms with E-state index in [1.807, 2.05) is 12.1 Å². The summed E-state index contributed by atoms with van der Waals surface area (Å²) < 4.78 is 19.2. The summed E-state index contributed by atoms with van der Waals surface area (Å²) in [6, 6.07) is 11.8. The Morgan fingerprint density at radius 2 is 1.78 bits per heavy atom. The number of halogens is 2. The van der Waals surface area contributed by atoms with E-state index in [0.717, 1.165) is 5.56 Å². The number of nitrogens with zero attached hydrogens (tertiary/aromatic N) is 1. The lowest BCUT2D eigenvalue weighted by molar-refractivity contribution is -0.117. The van der Waals surface area contributed by atoms with Crippen LogP contribution in [0.25, 0.3) is 11.3 Å². The van der Waals surface area contributed by atoms with E-state index in [-0.39, 0.29) is 12.2 Å². The largest absolute Gasteiger partial charge is 0.443 e. The average Bonchev–Trinajstić information content (AvgIpc) is 3.04. The van der Waals surface area contributed by atoms with Gasteiger partial charge in [-0.05, 0) is 35.4 Å². The number of benzene rings is 2. The van der Waals surface area contributed by atoms with Crippen LogP contribution in [0.15, 0.2) is 59.5 Å². The summed E-state index contributed by atoms with van der Waals surface area (Å²) in [5.74, 6) is -0.0563. The number of hydrogen-bond donors (Lipinski definition) is 0. The first-order chi connectivity index (χ1) is 11.1. The molecule has 0 saturated carbocycles. The molecule has 23 heavy (non-hydrogen) atoms. The summed E-state index contributed by atoms with van der Waals surface area (Å²) >= 11 is 5.81. The zero-order valence-corrected chi connectivity index (χ0v) is 12.9. The van der Waals surface area contributed by atoms with Crippen molar-refractivity contribution >= 4 is 17.4 Å². The van der Waals surface area contributed by atoms with E-state index in [1.165, 1.54) is 18.7 Å². The SMILES string of the molecule is O=C(Cc1ccc(Cl)cc1)Cc1ccc(-c2cnco2)c(F)c1. The molecule has 5 heteroatoms. The number of rotatable bonds is 5. The van der Waals surface area contributed by atoms with E-state index in [9.17, 15) is 9.18 Å². The van der Waals surface area contributed by atoms with Crippen molar-refractivity contribution in [3.8, 4) is 11.3 Å². The molecule has 0 fully saturated rings. The lowest BCUT2D eigenvalue weighted by atomic mass is 10.0. The van der Waals surface area contributed by atoms with E-state index in [1.54, 1.807) is 24.3 Å². The number of carbonyl (C=O) groups excluding carboxylic acids is 1. The Morgan fingerprint density at radius 1 is 1.09 bits per heavy atom. The highest BCUT2D eigenvalue weighted by Gasteiger charge is 2.11. The van der Waals surface area contributed by atoms with Crippen molar-refractivity contribution in [3.05, 3.63) is 77.0 Å². The van der Waals surface area contributed by atoms with Crippen LogP contribution < -0.4 is 0 Å². The van der Waals surface area contributed by atoms with Crippen molar-refractivity contribution in [2.45, 2.75) is 12.8 Å². The molecular formula is C18H13ClFNO2. The van der Waals surface area contributed by atoms with Gasteiger partial charge in [-0.3, -0.25) is 4.79 Å². The molecule has 0 unspecified atom stereocenters. The first-order valence-corrected chi connectivity index (χ1v) is 7.43. The fourth-order valence-electron chi connectivity index (χ4n) is 2.34. The normalized spacial score (nSPS) is 10.7. The van der Waals surface area contributed by atoms with Crippen LogP contribution in [0.4, 0.5) is 4.39 Å². The molecule has 0 spiro atoms. The van der Waals surface area contributed by atoms with E-state index in [0.29, 0.717) is 28.3 Å². The van der Waals surface area contributed by atoms with Gasteiger partial charge in [0.1, 0.15) is 11.6 Å². The molecule has 1 heterocycles. The number of aromatic nitrogens is 1. The van der Waals surface area contributed by atoms with Gasteiger partial charge in [-0.2, -0.15) is 0 Å². The molecule has 0 aliphatic carbocycles. The van der Waals surface area contributed by atoms with Crippen LogP contribution in [0, 0.1) is 5.82 Å². The summed E-state index contributed by atoms with van der Waals surface area (Å²) in [4.78, 5) is 15.9. The van der Waals surface area contributed by atoms with Crippen molar-refractivity contribution in [1.29, 1.82) is 0 Å². The maximum Gasteiger partial charge on any atom is 0.181 e. The summed E-state index contributed by atoms with van der Waals surface area (Å²) in [5.41, 5.74) is 1.85. The molecular weight excluding hydrogens is 317 g/mol. The molecule has 0 amide bonds. The molecule has 0 bridgehead atoms. The summed E-state index contributed by atoms with van der Waals surface area (Å²) in [6.07, 6.45) is 3.17. The third kappa shape index (κ3) is 3.85. The molecule has 0 N–H and O–H groups in total. The van der Waals surface area contributed by atoms with Gasteiger partial charge in [-0.15, -0.1) is 0 Å². The molecule has 0 radical (unpaired) electrons. The van der Waals surface area contributed by atoms with Crippen molar-refractivity contribution in [2.75, 3.05) is 0 Å². The predicted molar refractivity (Wildman–Crippen MR) is 85.8 cm³/mol. The highest BCUT2D eigenvalue weighted by atomic mass is 35.5. The fourth-order valence-corrected chi connectivity index (χ4v) is 2.46. The summed E-state index contributed by atoms with van der Waals surface area (Å²) in [7, 11) is 0. The van der Waals surface area contributed by atoms with E-state index < -0.39 is 5.82 Å². The van der Waals surface area contributed by atoms with Crippen LogP contribution in [-0.4, -0.2) is 10.8 Å². The quantitative estimate of drug-likeness (QED) is 0.692. The molecule has 3 aromatic rings. The Morgan fingerprint density at radius 3 is 2.43 bits per heavy atom. The fraction of sp³-hybridized carbons (Fsp3) is 0.111. The van der Waals surface area contributed by atoms with Crippen LogP contribution >= 0.6 is 11.6 Å². The van der Waals surface area contributed by atoms with Crippen molar-refractivity contribution in [2.24, 2.45) is 0 Å². The molecule has 3 nitrogen and oxygen atoms in total. The Labute approximate surface area is 137 Å². The van der Waals surface area contributed by atoms with Crippen LogP contribution in [0.2, 0.25) is 5.02 Å². The smallest absolute Gasteiger partial charge is 0.181 e. The standard InChI is InChI=1S/C18H13ClFNO2/c19-14-4-1-12(2-5-14)7-15(22)8-13-3-6-16(17(20)9-13)18-10-21-11-23-18/h1-6,9-11H,7-8H2. The average molecular weight is 330 g/mol. The molecule has 2 aromatic carbocycles. The van der Waals surface area contributed by atoms with E-state index in [4.69, 9.17) is 16.0 Å². The second kappa shape index (κ2) is 6.75. The van der Waals surface area contributed by atoms with Gasteiger partial charge < -0.3 is 4.42 Å². The Hall–Kier alpha value is -2.46. The molecule has 116 valence electrons. The Balaban J connectivity index is 1.69. The maximum atomic E-state index is 14.1. The molecule has 0 aliphatic rings. The molecule has 1 aromatic heterocycles. The van der Waals surface area contributed by atoms with Gasteiger partial charge in [0.2, 0.25) is 0 Å². The minimum absolute atomic E-state index is 0.0131. The zero-order chi connectivity index (χ0) is 16.2. The number of Topliss-reactive ketones (excluding diaryl/α,β-unsaturated/α-hetero) is 1. The van der Waals surface area contributed by atoms with E-state index >= 15 is 0 Å². The third-order valence-corrected chi connectivity index (χ3v) is 3.70. The van der Waals surface area contributed by atoms with Gasteiger partial charge in [0.25, 0.3) is 0 Å². The number of hydrogen-bond acceptors (Lipinski definition) is 3. The highest BCUT2D eigenvalue weighted by Crippen LogP contribution is 2.23. The first kappa shape index (κ1) is 15.4. The predicted octanol–water partition coefficient (Wildman–Crippen LogP) is 4.49. The van der Waals surface area contributed by atoms with Gasteiger partial charge in [0.05, 0.1) is 11.8 Å². The lowest BCUT2D eigenvalue weighted by Crippen LogP contribution is -2.06. The van der Waals surface area contributed by atoms with Crippen LogP contribution in [0.3, 0.4) is 0 Å². The molecule has 3 rings (SSSR count). The van der Waals surface area contributed by atoms with Gasteiger partial charge >= 0.3 is 0 Å². The van der Waals surface area contributed by atoms with Crippen molar-refractivity contribution in [3.63, 3.8) is 0 Å². The maximum absolute atomic E-state index is 14.1. The zero-order valence-electron chi connectivity index (χ0n) is 12.1. The minimum Gasteiger partial charge on any atom is -0.443 e. The molecule has 0 atom stereocenters. The second-order valence-electron chi connectivity index (χ2n) is 5.20. The topological polar surface area (TPSA) is 43.1 Å².